The molecule has 0 atom stereocenters. The number of hydrogen-bond donors (Lipinski definition) is 2. The molecular weight excluding hydrogens is 299 g/mol. The van der Waals surface area contributed by atoms with E-state index in [1.807, 2.05) is 0 Å². The van der Waals surface area contributed by atoms with Crippen LogP contribution in [0.15, 0.2) is 36.4 Å². The van der Waals surface area contributed by atoms with Crippen molar-refractivity contribution >= 4 is 40.5 Å². The first-order valence-electron chi connectivity index (χ1n) is 5.71. The third-order valence-electron chi connectivity index (χ3n) is 2.67. The second-order valence-electron chi connectivity index (χ2n) is 4.04. The van der Waals surface area contributed by atoms with Gasteiger partial charge in [0.15, 0.2) is 0 Å². The molecule has 0 unspecified atom stereocenters. The van der Waals surface area contributed by atoms with Crippen molar-refractivity contribution < 1.29 is 9.53 Å². The number of halogens is 2. The van der Waals surface area contributed by atoms with Crippen molar-refractivity contribution in [3.63, 3.8) is 0 Å². The van der Waals surface area contributed by atoms with Gasteiger partial charge in [-0.15, -0.1) is 0 Å². The highest BCUT2D eigenvalue weighted by Gasteiger charge is 2.09. The number of methoxy groups -OCH3 is 1. The quantitative estimate of drug-likeness (QED) is 0.847. The van der Waals surface area contributed by atoms with Gasteiger partial charge < -0.3 is 15.8 Å². The molecular formula is C14H12Cl2N2O2. The highest BCUT2D eigenvalue weighted by molar-refractivity contribution is 6.33. The van der Waals surface area contributed by atoms with Crippen molar-refractivity contribution in [1.82, 2.24) is 0 Å². The molecule has 0 aliphatic rings. The van der Waals surface area contributed by atoms with Crippen LogP contribution in [0.2, 0.25) is 10.0 Å². The first-order valence-corrected chi connectivity index (χ1v) is 6.47. The number of nitrogens with one attached hydrogen (secondary N) is 1. The molecule has 2 aromatic carbocycles. The summed E-state index contributed by atoms with van der Waals surface area (Å²) in [5, 5.41) is 3.62. The van der Waals surface area contributed by atoms with E-state index in [0.717, 1.165) is 0 Å². The van der Waals surface area contributed by atoms with Gasteiger partial charge in [-0.05, 0) is 30.3 Å². The minimum Gasteiger partial charge on any atom is -0.495 e. The summed E-state index contributed by atoms with van der Waals surface area (Å²) in [5.74, 6) is 0.192. The van der Waals surface area contributed by atoms with Crippen molar-refractivity contribution in [2.24, 2.45) is 0 Å². The maximum absolute atomic E-state index is 12.1. The Kier molecular flexibility index (Phi) is 4.37. The molecule has 104 valence electrons. The molecule has 0 aromatic heterocycles. The van der Waals surface area contributed by atoms with Crippen LogP contribution in [-0.4, -0.2) is 13.0 Å². The number of amides is 1. The predicted octanol–water partition coefficient (Wildman–Crippen LogP) is 3.84. The van der Waals surface area contributed by atoms with E-state index < -0.39 is 0 Å². The van der Waals surface area contributed by atoms with E-state index in [4.69, 9.17) is 33.7 Å². The summed E-state index contributed by atoms with van der Waals surface area (Å²) in [5.41, 5.74) is 7.01. The van der Waals surface area contributed by atoms with E-state index in [-0.39, 0.29) is 5.91 Å². The molecule has 1 amide bonds. The first kappa shape index (κ1) is 14.5. The van der Waals surface area contributed by atoms with Gasteiger partial charge in [-0.2, -0.15) is 0 Å². The fraction of sp³-hybridized carbons (Fsp3) is 0.0714. The molecule has 0 bridgehead atoms. The Morgan fingerprint density at radius 1 is 1.15 bits per heavy atom. The van der Waals surface area contributed by atoms with Gasteiger partial charge in [-0.25, -0.2) is 0 Å². The molecule has 0 aliphatic heterocycles. The summed E-state index contributed by atoms with van der Waals surface area (Å²) < 4.78 is 5.09. The average molecular weight is 311 g/mol. The molecule has 2 rings (SSSR count). The minimum atomic E-state index is -0.294. The smallest absolute Gasteiger partial charge is 0.255 e. The molecule has 3 N–H and O–H groups in total. The van der Waals surface area contributed by atoms with E-state index in [9.17, 15) is 4.79 Å². The molecule has 2 aromatic rings. The third-order valence-corrected chi connectivity index (χ3v) is 3.32. The summed E-state index contributed by atoms with van der Waals surface area (Å²) in [4.78, 5) is 12.1. The fourth-order valence-corrected chi connectivity index (χ4v) is 1.94. The average Bonchev–Trinajstić information content (AvgIpc) is 2.43. The van der Waals surface area contributed by atoms with Gasteiger partial charge in [0.1, 0.15) is 5.75 Å². The lowest BCUT2D eigenvalue weighted by atomic mass is 10.2. The van der Waals surface area contributed by atoms with E-state index in [1.54, 1.807) is 30.3 Å². The summed E-state index contributed by atoms with van der Waals surface area (Å²) in [6, 6.07) is 9.66. The fourth-order valence-electron chi connectivity index (χ4n) is 1.63. The Morgan fingerprint density at radius 3 is 2.50 bits per heavy atom. The molecule has 0 spiro atoms. The van der Waals surface area contributed by atoms with Gasteiger partial charge in [-0.3, -0.25) is 4.79 Å². The highest BCUT2D eigenvalue weighted by Crippen LogP contribution is 2.28. The number of rotatable bonds is 3. The predicted molar refractivity (Wildman–Crippen MR) is 81.8 cm³/mol. The van der Waals surface area contributed by atoms with Gasteiger partial charge in [-0.1, -0.05) is 23.2 Å². The Morgan fingerprint density at radius 2 is 1.85 bits per heavy atom. The first-order chi connectivity index (χ1) is 9.51. The largest absolute Gasteiger partial charge is 0.495 e. The normalized spacial score (nSPS) is 10.2. The van der Waals surface area contributed by atoms with E-state index in [2.05, 4.69) is 5.32 Å². The molecule has 0 saturated heterocycles. The Bertz CT molecular complexity index is 660. The van der Waals surface area contributed by atoms with E-state index in [1.165, 1.54) is 13.2 Å². The van der Waals surface area contributed by atoms with Gasteiger partial charge in [0, 0.05) is 17.3 Å². The van der Waals surface area contributed by atoms with Crippen LogP contribution in [0.1, 0.15) is 10.4 Å². The number of carbonyl (C=O) groups is 1. The van der Waals surface area contributed by atoms with Crippen LogP contribution < -0.4 is 15.8 Å². The van der Waals surface area contributed by atoms with Crippen molar-refractivity contribution in [2.75, 3.05) is 18.2 Å². The number of benzene rings is 2. The van der Waals surface area contributed by atoms with Crippen molar-refractivity contribution in [3.05, 3.63) is 52.0 Å². The van der Waals surface area contributed by atoms with Crippen LogP contribution in [0.25, 0.3) is 0 Å². The standard InChI is InChI=1S/C14H12Cl2N2O2/c1-20-13-7-9(3-5-11(13)16)18-14(19)8-2-4-10(15)12(17)6-8/h2-7H,17H2,1H3,(H,18,19). The van der Waals surface area contributed by atoms with Crippen LogP contribution >= 0.6 is 23.2 Å². The number of nitrogen functional groups attached to an aromatic ring is 1. The van der Waals surface area contributed by atoms with Crippen LogP contribution in [0, 0.1) is 0 Å². The lowest BCUT2D eigenvalue weighted by Gasteiger charge is -2.09. The molecule has 4 nitrogen and oxygen atoms in total. The van der Waals surface area contributed by atoms with Crippen molar-refractivity contribution in [3.8, 4) is 5.75 Å². The van der Waals surface area contributed by atoms with Crippen molar-refractivity contribution in [1.29, 1.82) is 0 Å². The maximum Gasteiger partial charge on any atom is 0.255 e. The van der Waals surface area contributed by atoms with Gasteiger partial charge in [0.05, 0.1) is 22.8 Å². The summed E-state index contributed by atoms with van der Waals surface area (Å²) in [6.45, 7) is 0. The Balaban J connectivity index is 2.21. The number of anilines is 2. The molecule has 6 heteroatoms. The Labute approximate surface area is 126 Å². The van der Waals surface area contributed by atoms with Crippen LogP contribution in [0.5, 0.6) is 5.75 Å². The Hall–Kier alpha value is -1.91. The van der Waals surface area contributed by atoms with Crippen LogP contribution in [-0.2, 0) is 0 Å². The third kappa shape index (κ3) is 3.15. The molecule has 0 radical (unpaired) electrons. The molecule has 20 heavy (non-hydrogen) atoms. The van der Waals surface area contributed by atoms with Crippen LogP contribution in [0.3, 0.4) is 0 Å². The number of ether oxygens (including phenoxy) is 1. The lowest BCUT2D eigenvalue weighted by molar-refractivity contribution is 0.102. The van der Waals surface area contributed by atoms with Crippen molar-refractivity contribution in [2.45, 2.75) is 0 Å². The van der Waals surface area contributed by atoms with Crippen LogP contribution in [0.4, 0.5) is 11.4 Å². The molecule has 0 aliphatic carbocycles. The second kappa shape index (κ2) is 6.03. The zero-order valence-electron chi connectivity index (χ0n) is 10.6. The minimum absolute atomic E-state index is 0.294. The summed E-state index contributed by atoms with van der Waals surface area (Å²) in [6.07, 6.45) is 0. The summed E-state index contributed by atoms with van der Waals surface area (Å²) >= 11 is 11.7. The number of hydrogen-bond acceptors (Lipinski definition) is 3. The monoisotopic (exact) mass is 310 g/mol. The summed E-state index contributed by atoms with van der Waals surface area (Å²) in [7, 11) is 1.51. The van der Waals surface area contributed by atoms with E-state index >= 15 is 0 Å². The lowest BCUT2D eigenvalue weighted by Crippen LogP contribution is -2.12. The number of carbonyl (C=O) groups excluding carboxylic acids is 1. The topological polar surface area (TPSA) is 64.3 Å². The number of nitrogens with two attached hydrogens (primary N) is 1. The zero-order chi connectivity index (χ0) is 14.7. The van der Waals surface area contributed by atoms with E-state index in [0.29, 0.717) is 32.7 Å². The SMILES string of the molecule is COc1cc(NC(=O)c2ccc(Cl)c(N)c2)ccc1Cl. The van der Waals surface area contributed by atoms with Gasteiger partial charge in [0.2, 0.25) is 0 Å². The molecule has 0 saturated carbocycles. The molecule has 0 heterocycles. The van der Waals surface area contributed by atoms with Gasteiger partial charge >= 0.3 is 0 Å². The maximum atomic E-state index is 12.1. The molecule has 0 fully saturated rings. The van der Waals surface area contributed by atoms with Gasteiger partial charge in [0.25, 0.3) is 5.91 Å². The zero-order valence-corrected chi connectivity index (χ0v) is 12.1. The second-order valence-corrected chi connectivity index (χ2v) is 4.85. The highest BCUT2D eigenvalue weighted by atomic mass is 35.5.